The normalized spacial score (nSPS) is 24.4. The minimum atomic E-state index is -0.669. The van der Waals surface area contributed by atoms with Gasteiger partial charge in [0.2, 0.25) is 5.91 Å². The van der Waals surface area contributed by atoms with Gasteiger partial charge in [0.1, 0.15) is 5.76 Å². The smallest absolute Gasteiger partial charge is 0.236 e. The van der Waals surface area contributed by atoms with Gasteiger partial charge in [-0.15, -0.1) is 0 Å². The molecule has 1 unspecified atom stereocenters. The number of hydrogen-bond acceptors (Lipinski definition) is 4. The molecule has 1 fully saturated rings. The fourth-order valence-electron chi connectivity index (χ4n) is 2.49. The van der Waals surface area contributed by atoms with Gasteiger partial charge in [0.05, 0.1) is 25.0 Å². The summed E-state index contributed by atoms with van der Waals surface area (Å²) in [5.74, 6) is 0.829. The quantitative estimate of drug-likeness (QED) is 0.886. The zero-order chi connectivity index (χ0) is 13.9. The third kappa shape index (κ3) is 4.08. The van der Waals surface area contributed by atoms with Crippen LogP contribution in [0.25, 0.3) is 0 Å². The fourth-order valence-corrected chi connectivity index (χ4v) is 2.49. The molecule has 1 N–H and O–H groups in total. The van der Waals surface area contributed by atoms with Crippen LogP contribution in [0.5, 0.6) is 0 Å². The summed E-state index contributed by atoms with van der Waals surface area (Å²) >= 11 is 0. The van der Waals surface area contributed by atoms with E-state index in [1.807, 2.05) is 24.0 Å². The maximum atomic E-state index is 12.1. The number of carbonyl (C=O) groups excluding carboxylic acids is 1. The van der Waals surface area contributed by atoms with Gasteiger partial charge in [0.15, 0.2) is 0 Å². The Morgan fingerprint density at radius 3 is 3.05 bits per heavy atom. The van der Waals surface area contributed by atoms with Crippen molar-refractivity contribution in [1.29, 1.82) is 0 Å². The second kappa shape index (κ2) is 5.75. The molecule has 5 heteroatoms. The molecule has 1 aliphatic heterocycles. The average molecular weight is 266 g/mol. The number of aliphatic hydroxyl groups is 1. The van der Waals surface area contributed by atoms with Crippen LogP contribution >= 0.6 is 0 Å². The number of carbonyl (C=O) groups is 1. The summed E-state index contributed by atoms with van der Waals surface area (Å²) in [7, 11) is 1.77. The zero-order valence-electron chi connectivity index (χ0n) is 11.6. The first-order chi connectivity index (χ1) is 8.96. The van der Waals surface area contributed by atoms with Crippen molar-refractivity contribution in [3.63, 3.8) is 0 Å². The molecule has 1 aliphatic rings. The number of likely N-dealkylation sites (N-methyl/N-ethyl adjacent to an activating group) is 1. The lowest BCUT2D eigenvalue weighted by Crippen LogP contribution is -2.49. The van der Waals surface area contributed by atoms with Crippen LogP contribution in [0.3, 0.4) is 0 Å². The molecule has 1 aromatic heterocycles. The molecule has 0 radical (unpaired) electrons. The van der Waals surface area contributed by atoms with E-state index in [1.165, 1.54) is 0 Å². The van der Waals surface area contributed by atoms with Crippen LogP contribution in [0.15, 0.2) is 22.8 Å². The second-order valence-electron chi connectivity index (χ2n) is 5.64. The molecule has 5 nitrogen and oxygen atoms in total. The minimum Gasteiger partial charge on any atom is -0.467 e. The molecule has 0 spiro atoms. The molecular formula is C14H22N2O3. The third-order valence-corrected chi connectivity index (χ3v) is 3.51. The molecule has 2 heterocycles. The Bertz CT molecular complexity index is 414. The van der Waals surface area contributed by atoms with Crippen molar-refractivity contribution in [2.45, 2.75) is 31.9 Å². The van der Waals surface area contributed by atoms with Crippen LogP contribution in [0.2, 0.25) is 0 Å². The van der Waals surface area contributed by atoms with Crippen molar-refractivity contribution in [2.75, 3.05) is 26.7 Å². The minimum absolute atomic E-state index is 0.0501. The maximum Gasteiger partial charge on any atom is 0.236 e. The van der Waals surface area contributed by atoms with E-state index in [2.05, 4.69) is 0 Å². The molecule has 1 saturated heterocycles. The molecule has 0 aliphatic carbocycles. The Morgan fingerprint density at radius 2 is 2.42 bits per heavy atom. The van der Waals surface area contributed by atoms with Crippen molar-refractivity contribution in [1.82, 2.24) is 9.80 Å². The van der Waals surface area contributed by atoms with Crippen molar-refractivity contribution in [3.05, 3.63) is 24.2 Å². The molecular weight excluding hydrogens is 244 g/mol. The molecule has 19 heavy (non-hydrogen) atoms. The summed E-state index contributed by atoms with van der Waals surface area (Å²) < 4.78 is 5.23. The van der Waals surface area contributed by atoms with Gasteiger partial charge in [-0.25, -0.2) is 0 Å². The summed E-state index contributed by atoms with van der Waals surface area (Å²) in [6.07, 6.45) is 3.34. The number of β-amino-alcohol motifs (C(OH)–C–C–N with tert-alkyl or cyclic N) is 1. The summed E-state index contributed by atoms with van der Waals surface area (Å²) in [5.41, 5.74) is -0.669. The topological polar surface area (TPSA) is 56.9 Å². The van der Waals surface area contributed by atoms with Gasteiger partial charge in [0, 0.05) is 13.6 Å². The number of amides is 1. The molecule has 106 valence electrons. The number of furan rings is 1. The molecule has 0 bridgehead atoms. The van der Waals surface area contributed by atoms with Gasteiger partial charge in [-0.3, -0.25) is 9.69 Å². The highest BCUT2D eigenvalue weighted by Gasteiger charge is 2.29. The van der Waals surface area contributed by atoms with Crippen molar-refractivity contribution < 1.29 is 14.3 Å². The lowest BCUT2D eigenvalue weighted by molar-refractivity contribution is -0.133. The lowest BCUT2D eigenvalue weighted by Gasteiger charge is -2.36. The van der Waals surface area contributed by atoms with Crippen LogP contribution < -0.4 is 0 Å². The van der Waals surface area contributed by atoms with Crippen molar-refractivity contribution in [3.8, 4) is 0 Å². The van der Waals surface area contributed by atoms with E-state index >= 15 is 0 Å². The number of likely N-dealkylation sites (tertiary alicyclic amines) is 1. The largest absolute Gasteiger partial charge is 0.467 e. The lowest BCUT2D eigenvalue weighted by atomic mass is 9.95. The van der Waals surface area contributed by atoms with Gasteiger partial charge >= 0.3 is 0 Å². The van der Waals surface area contributed by atoms with E-state index in [9.17, 15) is 9.90 Å². The first-order valence-corrected chi connectivity index (χ1v) is 6.67. The number of nitrogens with zero attached hydrogens (tertiary/aromatic N) is 2. The zero-order valence-corrected chi connectivity index (χ0v) is 11.6. The van der Waals surface area contributed by atoms with Crippen molar-refractivity contribution >= 4 is 5.91 Å². The van der Waals surface area contributed by atoms with E-state index in [0.717, 1.165) is 25.1 Å². The molecule has 1 amide bonds. The molecule has 1 atom stereocenters. The summed E-state index contributed by atoms with van der Waals surface area (Å²) in [4.78, 5) is 15.8. The van der Waals surface area contributed by atoms with Crippen LogP contribution in [0.4, 0.5) is 0 Å². The second-order valence-corrected chi connectivity index (χ2v) is 5.64. The highest BCUT2D eigenvalue weighted by molar-refractivity contribution is 5.77. The molecule has 0 saturated carbocycles. The van der Waals surface area contributed by atoms with E-state index in [1.54, 1.807) is 18.2 Å². The highest BCUT2D eigenvalue weighted by Crippen LogP contribution is 2.20. The van der Waals surface area contributed by atoms with E-state index in [-0.39, 0.29) is 5.91 Å². The monoisotopic (exact) mass is 266 g/mol. The van der Waals surface area contributed by atoms with Crippen molar-refractivity contribution in [2.24, 2.45) is 0 Å². The van der Waals surface area contributed by atoms with Crippen LogP contribution in [0.1, 0.15) is 25.5 Å². The van der Waals surface area contributed by atoms with E-state index in [0.29, 0.717) is 19.6 Å². The van der Waals surface area contributed by atoms with Gasteiger partial charge in [0.25, 0.3) is 0 Å². The first-order valence-electron chi connectivity index (χ1n) is 6.67. The SMILES string of the molecule is CN(Cc1ccco1)C(=O)CN1CCCC(C)(O)C1. The van der Waals surface area contributed by atoms with Gasteiger partial charge < -0.3 is 14.4 Å². The summed E-state index contributed by atoms with van der Waals surface area (Å²) in [6, 6.07) is 3.67. The van der Waals surface area contributed by atoms with Gasteiger partial charge in [-0.1, -0.05) is 0 Å². The van der Waals surface area contributed by atoms with E-state index < -0.39 is 5.60 Å². The van der Waals surface area contributed by atoms with Crippen LogP contribution in [0, 0.1) is 0 Å². The highest BCUT2D eigenvalue weighted by atomic mass is 16.3. The van der Waals surface area contributed by atoms with Crippen LogP contribution in [-0.2, 0) is 11.3 Å². The number of hydrogen-bond donors (Lipinski definition) is 1. The molecule has 2 rings (SSSR count). The standard InChI is InChI=1S/C14H22N2O3/c1-14(18)6-4-7-16(11-14)10-13(17)15(2)9-12-5-3-8-19-12/h3,5,8,18H,4,6-7,9-11H2,1-2H3. The Kier molecular flexibility index (Phi) is 4.27. The third-order valence-electron chi connectivity index (χ3n) is 3.51. The molecule has 1 aromatic rings. The fraction of sp³-hybridized carbons (Fsp3) is 0.643. The Labute approximate surface area is 113 Å². The predicted molar refractivity (Wildman–Crippen MR) is 71.5 cm³/mol. The maximum absolute atomic E-state index is 12.1. The summed E-state index contributed by atoms with van der Waals surface area (Å²) in [6.45, 7) is 4.10. The summed E-state index contributed by atoms with van der Waals surface area (Å²) in [5, 5.41) is 10.0. The first kappa shape index (κ1) is 14.1. The Balaban J connectivity index is 1.83. The molecule has 0 aromatic carbocycles. The number of piperidine rings is 1. The Morgan fingerprint density at radius 1 is 1.63 bits per heavy atom. The van der Waals surface area contributed by atoms with Gasteiger partial charge in [-0.05, 0) is 38.4 Å². The predicted octanol–water partition coefficient (Wildman–Crippen LogP) is 1.08. The average Bonchev–Trinajstić information content (AvgIpc) is 2.80. The van der Waals surface area contributed by atoms with E-state index in [4.69, 9.17) is 4.42 Å². The van der Waals surface area contributed by atoms with Gasteiger partial charge in [-0.2, -0.15) is 0 Å². The number of rotatable bonds is 4. The Hall–Kier alpha value is -1.33. The van der Waals surface area contributed by atoms with Crippen LogP contribution in [-0.4, -0.2) is 53.1 Å².